The second-order valence-electron chi connectivity index (χ2n) is 7.23. The SMILES string of the molecule is CCCNC(=O)c1ccccc1NC(=O)c1cc(S(=O)(=O)N2CCCC2)ccc1OC. The van der Waals surface area contributed by atoms with Crippen molar-refractivity contribution in [2.75, 3.05) is 32.1 Å². The van der Waals surface area contributed by atoms with Gasteiger partial charge in [-0.3, -0.25) is 9.59 Å². The number of hydrogen-bond acceptors (Lipinski definition) is 5. The molecule has 31 heavy (non-hydrogen) atoms. The van der Waals surface area contributed by atoms with Gasteiger partial charge in [0.05, 0.1) is 28.8 Å². The van der Waals surface area contributed by atoms with Crippen LogP contribution in [0.25, 0.3) is 0 Å². The lowest BCUT2D eigenvalue weighted by Crippen LogP contribution is -2.28. The lowest BCUT2D eigenvalue weighted by atomic mass is 10.1. The van der Waals surface area contributed by atoms with Crippen molar-refractivity contribution >= 4 is 27.5 Å². The van der Waals surface area contributed by atoms with Gasteiger partial charge in [0.15, 0.2) is 0 Å². The van der Waals surface area contributed by atoms with Crippen molar-refractivity contribution < 1.29 is 22.7 Å². The molecule has 0 atom stereocenters. The van der Waals surface area contributed by atoms with E-state index in [0.29, 0.717) is 30.9 Å². The van der Waals surface area contributed by atoms with E-state index in [2.05, 4.69) is 10.6 Å². The molecule has 0 unspecified atom stereocenters. The number of carbonyl (C=O) groups is 2. The predicted octanol–water partition coefficient (Wildman–Crippen LogP) is 2.87. The molecule has 166 valence electrons. The minimum atomic E-state index is -3.69. The summed E-state index contributed by atoms with van der Waals surface area (Å²) in [7, 11) is -2.28. The maximum Gasteiger partial charge on any atom is 0.259 e. The molecule has 1 heterocycles. The second-order valence-corrected chi connectivity index (χ2v) is 9.17. The summed E-state index contributed by atoms with van der Waals surface area (Å²) in [5.74, 6) is -0.619. The van der Waals surface area contributed by atoms with Crippen molar-refractivity contribution in [3.05, 3.63) is 53.6 Å². The Bertz CT molecular complexity index is 1060. The number of methoxy groups -OCH3 is 1. The number of hydrogen-bond donors (Lipinski definition) is 2. The van der Waals surface area contributed by atoms with E-state index in [4.69, 9.17) is 4.74 Å². The Hall–Kier alpha value is -2.91. The molecule has 1 fully saturated rings. The van der Waals surface area contributed by atoms with E-state index >= 15 is 0 Å². The third-order valence-corrected chi connectivity index (χ3v) is 6.97. The highest BCUT2D eigenvalue weighted by atomic mass is 32.2. The van der Waals surface area contributed by atoms with E-state index in [1.54, 1.807) is 24.3 Å². The third kappa shape index (κ3) is 5.05. The minimum Gasteiger partial charge on any atom is -0.496 e. The highest BCUT2D eigenvalue weighted by Gasteiger charge is 2.29. The molecule has 0 aromatic heterocycles. The fraction of sp³-hybridized carbons (Fsp3) is 0.364. The van der Waals surface area contributed by atoms with E-state index in [-0.39, 0.29) is 22.1 Å². The highest BCUT2D eigenvalue weighted by Crippen LogP contribution is 2.27. The minimum absolute atomic E-state index is 0.0364. The van der Waals surface area contributed by atoms with E-state index in [9.17, 15) is 18.0 Å². The summed E-state index contributed by atoms with van der Waals surface area (Å²) in [6, 6.07) is 10.9. The molecule has 2 aromatic rings. The highest BCUT2D eigenvalue weighted by molar-refractivity contribution is 7.89. The zero-order valence-corrected chi connectivity index (χ0v) is 18.5. The number of sulfonamides is 1. The Balaban J connectivity index is 1.91. The molecule has 2 N–H and O–H groups in total. The molecule has 8 nitrogen and oxygen atoms in total. The van der Waals surface area contributed by atoms with Crippen LogP contribution >= 0.6 is 0 Å². The Morgan fingerprint density at radius 3 is 2.42 bits per heavy atom. The van der Waals surface area contributed by atoms with Crippen molar-refractivity contribution in [1.29, 1.82) is 0 Å². The molecule has 1 aliphatic rings. The summed E-state index contributed by atoms with van der Waals surface area (Å²) >= 11 is 0. The molecule has 3 rings (SSSR count). The van der Waals surface area contributed by atoms with Crippen LogP contribution in [0.2, 0.25) is 0 Å². The molecular weight excluding hydrogens is 418 g/mol. The van der Waals surface area contributed by atoms with Crippen molar-refractivity contribution in [1.82, 2.24) is 9.62 Å². The molecule has 0 spiro atoms. The molecular formula is C22H27N3O5S. The molecule has 0 aliphatic carbocycles. The maximum absolute atomic E-state index is 13.1. The van der Waals surface area contributed by atoms with Gasteiger partial charge < -0.3 is 15.4 Å². The van der Waals surface area contributed by atoms with Gasteiger partial charge in [-0.15, -0.1) is 0 Å². The van der Waals surface area contributed by atoms with Crippen molar-refractivity contribution in [2.45, 2.75) is 31.1 Å². The number of carbonyl (C=O) groups excluding carboxylic acids is 2. The molecule has 2 amide bonds. The van der Waals surface area contributed by atoms with Gasteiger partial charge in [-0.25, -0.2) is 8.42 Å². The monoisotopic (exact) mass is 445 g/mol. The van der Waals surface area contributed by atoms with Crippen molar-refractivity contribution in [2.24, 2.45) is 0 Å². The molecule has 0 radical (unpaired) electrons. The molecule has 1 saturated heterocycles. The van der Waals surface area contributed by atoms with Gasteiger partial charge in [0.1, 0.15) is 5.75 Å². The van der Waals surface area contributed by atoms with Crippen molar-refractivity contribution in [3.63, 3.8) is 0 Å². The summed E-state index contributed by atoms with van der Waals surface area (Å²) in [4.78, 5) is 25.5. The average Bonchev–Trinajstić information content (AvgIpc) is 3.33. The predicted molar refractivity (Wildman–Crippen MR) is 118 cm³/mol. The zero-order valence-electron chi connectivity index (χ0n) is 17.7. The molecule has 0 bridgehead atoms. The van der Waals surface area contributed by atoms with Crippen LogP contribution in [-0.4, -0.2) is 51.3 Å². The topological polar surface area (TPSA) is 105 Å². The van der Waals surface area contributed by atoms with Crippen LogP contribution < -0.4 is 15.4 Å². The Morgan fingerprint density at radius 1 is 1.03 bits per heavy atom. The Labute approximate surface area is 182 Å². The summed E-state index contributed by atoms with van der Waals surface area (Å²) in [6.45, 7) is 3.40. The summed E-state index contributed by atoms with van der Waals surface area (Å²) < 4.78 is 32.5. The Morgan fingerprint density at radius 2 is 1.74 bits per heavy atom. The normalized spacial score (nSPS) is 14.3. The van der Waals surface area contributed by atoms with Crippen LogP contribution in [0.3, 0.4) is 0 Å². The van der Waals surface area contributed by atoms with Gasteiger partial charge in [0.25, 0.3) is 11.8 Å². The fourth-order valence-corrected chi connectivity index (χ4v) is 4.96. The average molecular weight is 446 g/mol. The Kier molecular flexibility index (Phi) is 7.29. The standard InChI is InChI=1S/C22H27N3O5S/c1-3-12-23-21(26)17-8-4-5-9-19(17)24-22(27)18-15-16(10-11-20(18)30-2)31(28,29)25-13-6-7-14-25/h4-5,8-11,15H,3,6-7,12-14H2,1-2H3,(H,23,26)(H,24,27). The van der Waals surface area contributed by atoms with Crippen molar-refractivity contribution in [3.8, 4) is 5.75 Å². The number of anilines is 1. The number of ether oxygens (including phenoxy) is 1. The van der Waals surface area contributed by atoms with E-state index in [0.717, 1.165) is 19.3 Å². The first-order chi connectivity index (χ1) is 14.9. The zero-order chi connectivity index (χ0) is 22.4. The van der Waals surface area contributed by atoms with E-state index < -0.39 is 15.9 Å². The largest absolute Gasteiger partial charge is 0.496 e. The smallest absolute Gasteiger partial charge is 0.259 e. The van der Waals surface area contributed by atoms with E-state index in [1.165, 1.54) is 29.6 Å². The fourth-order valence-electron chi connectivity index (χ4n) is 3.42. The maximum atomic E-state index is 13.1. The molecule has 9 heteroatoms. The summed E-state index contributed by atoms with van der Waals surface area (Å²) in [5.41, 5.74) is 0.728. The first kappa shape index (κ1) is 22.8. The molecule has 2 aromatic carbocycles. The van der Waals surface area contributed by atoms with Gasteiger partial charge in [0, 0.05) is 19.6 Å². The first-order valence-electron chi connectivity index (χ1n) is 10.2. The molecule has 0 saturated carbocycles. The van der Waals surface area contributed by atoms with Crippen LogP contribution in [0.1, 0.15) is 46.9 Å². The van der Waals surface area contributed by atoms with Gasteiger partial charge in [-0.2, -0.15) is 4.31 Å². The number of rotatable bonds is 8. The van der Waals surface area contributed by atoms with Crippen LogP contribution in [0.15, 0.2) is 47.4 Å². The van der Waals surface area contributed by atoms with Crippen LogP contribution in [0.4, 0.5) is 5.69 Å². The molecule has 1 aliphatic heterocycles. The lowest BCUT2D eigenvalue weighted by Gasteiger charge is -2.17. The summed E-state index contributed by atoms with van der Waals surface area (Å²) in [6.07, 6.45) is 2.43. The van der Waals surface area contributed by atoms with Gasteiger partial charge in [-0.1, -0.05) is 19.1 Å². The van der Waals surface area contributed by atoms with Gasteiger partial charge in [0.2, 0.25) is 10.0 Å². The van der Waals surface area contributed by atoms with Gasteiger partial charge in [-0.05, 0) is 49.6 Å². The number of nitrogens with zero attached hydrogens (tertiary/aromatic N) is 1. The summed E-state index contributed by atoms with van der Waals surface area (Å²) in [5, 5.41) is 5.50. The number of nitrogens with one attached hydrogen (secondary N) is 2. The third-order valence-electron chi connectivity index (χ3n) is 5.07. The number of para-hydroxylation sites is 1. The van der Waals surface area contributed by atoms with Gasteiger partial charge >= 0.3 is 0 Å². The lowest BCUT2D eigenvalue weighted by molar-refractivity contribution is 0.0954. The number of benzene rings is 2. The van der Waals surface area contributed by atoms with Crippen LogP contribution in [-0.2, 0) is 10.0 Å². The second kappa shape index (κ2) is 9.93. The van der Waals surface area contributed by atoms with Crippen LogP contribution in [0, 0.1) is 0 Å². The quantitative estimate of drug-likeness (QED) is 0.650. The van der Waals surface area contributed by atoms with Crippen LogP contribution in [0.5, 0.6) is 5.75 Å². The van der Waals surface area contributed by atoms with E-state index in [1.807, 2.05) is 6.92 Å². The first-order valence-corrected chi connectivity index (χ1v) is 11.7. The number of amides is 2.